The molecule has 1 aromatic heterocycles. The van der Waals surface area contributed by atoms with Crippen LogP contribution in [0.1, 0.15) is 36.4 Å². The molecule has 100 valence electrons. The van der Waals surface area contributed by atoms with Gasteiger partial charge in [0.2, 0.25) is 0 Å². The summed E-state index contributed by atoms with van der Waals surface area (Å²) in [5.41, 5.74) is 0. The Bertz CT molecular complexity index is 369. The second-order valence-corrected chi connectivity index (χ2v) is 6.19. The molecule has 3 nitrogen and oxygen atoms in total. The highest BCUT2D eigenvalue weighted by Crippen LogP contribution is 2.18. The quantitative estimate of drug-likeness (QED) is 0.908. The van der Waals surface area contributed by atoms with Crippen LogP contribution in [0.25, 0.3) is 0 Å². The number of nitrogens with one attached hydrogen (secondary N) is 1. The molecule has 1 aliphatic heterocycles. The zero-order chi connectivity index (χ0) is 13.0. The normalized spacial score (nSPS) is 20.1. The Labute approximate surface area is 113 Å². The van der Waals surface area contributed by atoms with Gasteiger partial charge in [0.1, 0.15) is 0 Å². The van der Waals surface area contributed by atoms with Gasteiger partial charge in [0, 0.05) is 12.6 Å². The van der Waals surface area contributed by atoms with Crippen LogP contribution < -0.4 is 5.32 Å². The Morgan fingerprint density at radius 2 is 2.44 bits per heavy atom. The van der Waals surface area contributed by atoms with Crippen molar-refractivity contribution in [2.45, 2.75) is 32.7 Å². The fourth-order valence-electron chi connectivity index (χ4n) is 2.43. The maximum absolute atomic E-state index is 12.4. The molecule has 1 saturated heterocycles. The summed E-state index contributed by atoms with van der Waals surface area (Å²) in [6.45, 7) is 7.24. The molecule has 0 radical (unpaired) electrons. The molecule has 1 atom stereocenters. The molecular formula is C14H22N2OS. The second kappa shape index (κ2) is 6.34. The van der Waals surface area contributed by atoms with Gasteiger partial charge in [0.15, 0.2) is 0 Å². The Balaban J connectivity index is 2.01. The zero-order valence-corrected chi connectivity index (χ0v) is 12.0. The fourth-order valence-corrected chi connectivity index (χ4v) is 3.11. The number of hydrogen-bond acceptors (Lipinski definition) is 3. The van der Waals surface area contributed by atoms with Crippen molar-refractivity contribution < 1.29 is 4.79 Å². The standard InChI is InChI=1S/C14H22N2OS/c1-11(2)16(10-12-5-3-7-15-9-12)14(17)13-6-4-8-18-13/h4,6,8,11-12,15H,3,5,7,9-10H2,1-2H3. The third-order valence-electron chi connectivity index (χ3n) is 3.47. The van der Waals surface area contributed by atoms with Crippen LogP contribution in [0, 0.1) is 5.92 Å². The van der Waals surface area contributed by atoms with Gasteiger partial charge in [-0.25, -0.2) is 0 Å². The summed E-state index contributed by atoms with van der Waals surface area (Å²) in [7, 11) is 0. The Hall–Kier alpha value is -0.870. The number of rotatable bonds is 4. The topological polar surface area (TPSA) is 32.3 Å². The van der Waals surface area contributed by atoms with E-state index in [0.29, 0.717) is 5.92 Å². The molecule has 1 aliphatic rings. The fraction of sp³-hybridized carbons (Fsp3) is 0.643. The largest absolute Gasteiger partial charge is 0.335 e. The third kappa shape index (κ3) is 3.33. The first kappa shape index (κ1) is 13.6. The molecule has 4 heteroatoms. The molecule has 2 heterocycles. The number of nitrogens with zero attached hydrogens (tertiary/aromatic N) is 1. The van der Waals surface area contributed by atoms with E-state index >= 15 is 0 Å². The van der Waals surface area contributed by atoms with Crippen molar-refractivity contribution in [2.75, 3.05) is 19.6 Å². The van der Waals surface area contributed by atoms with Crippen LogP contribution in [0.2, 0.25) is 0 Å². The van der Waals surface area contributed by atoms with Crippen LogP contribution >= 0.6 is 11.3 Å². The molecule has 1 aromatic rings. The van der Waals surface area contributed by atoms with Crippen LogP contribution in [0.4, 0.5) is 0 Å². The summed E-state index contributed by atoms with van der Waals surface area (Å²) in [5.74, 6) is 0.788. The first-order valence-corrected chi connectivity index (χ1v) is 7.61. The number of piperidine rings is 1. The van der Waals surface area contributed by atoms with Crippen molar-refractivity contribution in [1.29, 1.82) is 0 Å². The minimum atomic E-state index is 0.186. The van der Waals surface area contributed by atoms with Gasteiger partial charge in [0.25, 0.3) is 5.91 Å². The van der Waals surface area contributed by atoms with Crippen molar-refractivity contribution >= 4 is 17.2 Å². The Kier molecular flexibility index (Phi) is 4.78. The molecular weight excluding hydrogens is 244 g/mol. The number of carbonyl (C=O) groups is 1. The first-order valence-electron chi connectivity index (χ1n) is 6.73. The summed E-state index contributed by atoms with van der Waals surface area (Å²) in [4.78, 5) is 15.3. The maximum atomic E-state index is 12.4. The van der Waals surface area contributed by atoms with Crippen LogP contribution in [-0.4, -0.2) is 36.5 Å². The molecule has 0 saturated carbocycles. The van der Waals surface area contributed by atoms with Crippen LogP contribution in [-0.2, 0) is 0 Å². The summed E-state index contributed by atoms with van der Waals surface area (Å²) in [6, 6.07) is 4.13. The van der Waals surface area contributed by atoms with Crippen molar-refractivity contribution in [2.24, 2.45) is 5.92 Å². The van der Waals surface area contributed by atoms with E-state index in [4.69, 9.17) is 0 Å². The highest BCUT2D eigenvalue weighted by Gasteiger charge is 2.24. The lowest BCUT2D eigenvalue weighted by Crippen LogP contribution is -2.44. The lowest BCUT2D eigenvalue weighted by molar-refractivity contribution is 0.0666. The maximum Gasteiger partial charge on any atom is 0.264 e. The molecule has 2 rings (SSSR count). The van der Waals surface area contributed by atoms with Gasteiger partial charge in [-0.05, 0) is 57.1 Å². The molecule has 1 amide bonds. The van der Waals surface area contributed by atoms with Gasteiger partial charge in [0.05, 0.1) is 4.88 Å². The number of hydrogen-bond donors (Lipinski definition) is 1. The molecule has 0 aliphatic carbocycles. The van der Waals surface area contributed by atoms with E-state index in [0.717, 1.165) is 24.5 Å². The monoisotopic (exact) mass is 266 g/mol. The van der Waals surface area contributed by atoms with Crippen molar-refractivity contribution in [3.8, 4) is 0 Å². The highest BCUT2D eigenvalue weighted by atomic mass is 32.1. The van der Waals surface area contributed by atoms with E-state index < -0.39 is 0 Å². The minimum absolute atomic E-state index is 0.186. The predicted molar refractivity (Wildman–Crippen MR) is 76.1 cm³/mol. The summed E-state index contributed by atoms with van der Waals surface area (Å²) >= 11 is 1.53. The van der Waals surface area contributed by atoms with Crippen LogP contribution in [0.15, 0.2) is 17.5 Å². The van der Waals surface area contributed by atoms with Gasteiger partial charge < -0.3 is 10.2 Å². The smallest absolute Gasteiger partial charge is 0.264 e. The number of thiophene rings is 1. The Morgan fingerprint density at radius 3 is 3.00 bits per heavy atom. The Morgan fingerprint density at radius 1 is 1.61 bits per heavy atom. The van der Waals surface area contributed by atoms with Crippen molar-refractivity contribution in [3.05, 3.63) is 22.4 Å². The first-order chi connectivity index (χ1) is 8.68. The number of amides is 1. The van der Waals surface area contributed by atoms with E-state index in [-0.39, 0.29) is 11.9 Å². The predicted octanol–water partition coefficient (Wildman–Crippen LogP) is 2.60. The highest BCUT2D eigenvalue weighted by molar-refractivity contribution is 7.12. The van der Waals surface area contributed by atoms with E-state index in [2.05, 4.69) is 19.2 Å². The average Bonchev–Trinajstić information content (AvgIpc) is 2.90. The summed E-state index contributed by atoms with van der Waals surface area (Å²) < 4.78 is 0. The van der Waals surface area contributed by atoms with E-state index in [9.17, 15) is 4.79 Å². The third-order valence-corrected chi connectivity index (χ3v) is 4.33. The SMILES string of the molecule is CC(C)N(CC1CCCNC1)C(=O)c1cccs1. The summed E-state index contributed by atoms with van der Waals surface area (Å²) in [6.07, 6.45) is 2.46. The second-order valence-electron chi connectivity index (χ2n) is 5.24. The lowest BCUT2D eigenvalue weighted by atomic mass is 9.98. The van der Waals surface area contributed by atoms with Gasteiger partial charge in [-0.15, -0.1) is 11.3 Å². The average molecular weight is 266 g/mol. The van der Waals surface area contributed by atoms with Crippen LogP contribution in [0.5, 0.6) is 0 Å². The van der Waals surface area contributed by atoms with Gasteiger partial charge in [-0.2, -0.15) is 0 Å². The zero-order valence-electron chi connectivity index (χ0n) is 11.2. The molecule has 18 heavy (non-hydrogen) atoms. The van der Waals surface area contributed by atoms with Gasteiger partial charge in [-0.3, -0.25) is 4.79 Å². The molecule has 1 fully saturated rings. The number of carbonyl (C=O) groups excluding carboxylic acids is 1. The molecule has 0 bridgehead atoms. The van der Waals surface area contributed by atoms with E-state index in [1.165, 1.54) is 24.2 Å². The summed E-state index contributed by atoms with van der Waals surface area (Å²) in [5, 5.41) is 5.38. The van der Waals surface area contributed by atoms with Crippen molar-refractivity contribution in [1.82, 2.24) is 10.2 Å². The van der Waals surface area contributed by atoms with Crippen molar-refractivity contribution in [3.63, 3.8) is 0 Å². The lowest BCUT2D eigenvalue weighted by Gasteiger charge is -2.32. The van der Waals surface area contributed by atoms with E-state index in [1.54, 1.807) is 0 Å². The molecule has 1 N–H and O–H groups in total. The molecule has 1 unspecified atom stereocenters. The molecule has 0 spiro atoms. The van der Waals surface area contributed by atoms with Crippen LogP contribution in [0.3, 0.4) is 0 Å². The minimum Gasteiger partial charge on any atom is -0.335 e. The van der Waals surface area contributed by atoms with E-state index in [1.807, 2.05) is 22.4 Å². The van der Waals surface area contributed by atoms with Gasteiger partial charge in [-0.1, -0.05) is 6.07 Å². The van der Waals surface area contributed by atoms with Gasteiger partial charge >= 0.3 is 0 Å². The molecule has 0 aromatic carbocycles.